The summed E-state index contributed by atoms with van der Waals surface area (Å²) < 4.78 is 6.54. The average Bonchev–Trinajstić information content (AvgIpc) is 2.77. The van der Waals surface area contributed by atoms with Gasteiger partial charge in [0.05, 0.1) is 10.4 Å². The molecule has 0 spiro atoms. The lowest BCUT2D eigenvalue weighted by atomic mass is 10.3. The maximum atomic E-state index is 5.90. The van der Waals surface area contributed by atoms with Gasteiger partial charge in [0.25, 0.3) is 0 Å². The number of hydrogen-bond donors (Lipinski definition) is 1. The van der Waals surface area contributed by atoms with Gasteiger partial charge in [-0.25, -0.2) is 4.98 Å². The lowest BCUT2D eigenvalue weighted by molar-refractivity contribution is 0.243. The van der Waals surface area contributed by atoms with Crippen molar-refractivity contribution in [3.8, 4) is 5.75 Å². The molecule has 0 saturated heterocycles. The van der Waals surface area contributed by atoms with E-state index in [4.69, 9.17) is 16.3 Å². The molecule has 0 amide bonds. The highest BCUT2D eigenvalue weighted by molar-refractivity contribution is 7.16. The molecule has 0 aliphatic heterocycles. The van der Waals surface area contributed by atoms with Crippen LogP contribution in [0.25, 0.3) is 0 Å². The van der Waals surface area contributed by atoms with Crippen LogP contribution in [0.3, 0.4) is 0 Å². The van der Waals surface area contributed by atoms with E-state index in [-0.39, 0.29) is 6.10 Å². The number of nitrogens with zero attached hydrogens (tertiary/aromatic N) is 1. The van der Waals surface area contributed by atoms with E-state index in [0.29, 0.717) is 0 Å². The van der Waals surface area contributed by atoms with Crippen molar-refractivity contribution in [1.82, 2.24) is 4.98 Å². The fourth-order valence-corrected chi connectivity index (χ4v) is 2.75. The third-order valence-electron chi connectivity index (χ3n) is 2.43. The molecule has 102 valence electrons. The zero-order valence-corrected chi connectivity index (χ0v) is 12.6. The SMILES string of the molecule is CC(C)Oc1cccnc1NCCc1ccc(Cl)s1. The molecule has 2 heterocycles. The van der Waals surface area contributed by atoms with Crippen LogP contribution in [0, 0.1) is 0 Å². The van der Waals surface area contributed by atoms with E-state index in [0.717, 1.165) is 28.9 Å². The Kier molecular flexibility index (Phi) is 5.05. The Hall–Kier alpha value is -1.26. The Bertz CT molecular complexity index is 528. The molecule has 2 aromatic heterocycles. The van der Waals surface area contributed by atoms with E-state index in [9.17, 15) is 0 Å². The fraction of sp³-hybridized carbons (Fsp3) is 0.357. The second-order valence-corrected chi connectivity index (χ2v) is 6.20. The summed E-state index contributed by atoms with van der Waals surface area (Å²) in [6, 6.07) is 7.79. The van der Waals surface area contributed by atoms with Crippen LogP contribution in [-0.2, 0) is 6.42 Å². The van der Waals surface area contributed by atoms with Crippen LogP contribution in [0.2, 0.25) is 4.34 Å². The molecular weight excluding hydrogens is 280 g/mol. The Balaban J connectivity index is 1.92. The Morgan fingerprint density at radius 1 is 1.37 bits per heavy atom. The van der Waals surface area contributed by atoms with Gasteiger partial charge < -0.3 is 10.1 Å². The average molecular weight is 297 g/mol. The maximum Gasteiger partial charge on any atom is 0.168 e. The largest absolute Gasteiger partial charge is 0.487 e. The van der Waals surface area contributed by atoms with Crippen molar-refractivity contribution in [2.75, 3.05) is 11.9 Å². The first-order valence-corrected chi connectivity index (χ1v) is 7.44. The van der Waals surface area contributed by atoms with E-state index in [1.165, 1.54) is 4.88 Å². The fourth-order valence-electron chi connectivity index (χ4n) is 1.66. The highest BCUT2D eigenvalue weighted by atomic mass is 35.5. The van der Waals surface area contributed by atoms with Crippen molar-refractivity contribution >= 4 is 28.8 Å². The molecule has 2 aromatic rings. The number of aromatic nitrogens is 1. The molecule has 1 N–H and O–H groups in total. The summed E-state index contributed by atoms with van der Waals surface area (Å²) in [5, 5.41) is 3.30. The Morgan fingerprint density at radius 2 is 2.21 bits per heavy atom. The van der Waals surface area contributed by atoms with Gasteiger partial charge in [0.2, 0.25) is 0 Å². The van der Waals surface area contributed by atoms with Gasteiger partial charge in [-0.3, -0.25) is 0 Å². The van der Waals surface area contributed by atoms with Gasteiger partial charge in [-0.15, -0.1) is 11.3 Å². The molecule has 0 aromatic carbocycles. The number of nitrogens with one attached hydrogen (secondary N) is 1. The lowest BCUT2D eigenvalue weighted by Crippen LogP contribution is -2.11. The number of rotatable bonds is 6. The summed E-state index contributed by atoms with van der Waals surface area (Å²) in [6.07, 6.45) is 2.83. The lowest BCUT2D eigenvalue weighted by Gasteiger charge is -2.14. The second kappa shape index (κ2) is 6.78. The van der Waals surface area contributed by atoms with Crippen molar-refractivity contribution < 1.29 is 4.74 Å². The summed E-state index contributed by atoms with van der Waals surface area (Å²) in [5.74, 6) is 1.58. The number of anilines is 1. The third kappa shape index (κ3) is 4.40. The highest BCUT2D eigenvalue weighted by Crippen LogP contribution is 2.24. The van der Waals surface area contributed by atoms with Crippen molar-refractivity contribution in [2.45, 2.75) is 26.4 Å². The van der Waals surface area contributed by atoms with E-state index in [1.807, 2.05) is 32.0 Å². The van der Waals surface area contributed by atoms with Crippen LogP contribution in [0.5, 0.6) is 5.75 Å². The van der Waals surface area contributed by atoms with Gasteiger partial charge in [-0.1, -0.05) is 11.6 Å². The molecule has 0 bridgehead atoms. The molecule has 3 nitrogen and oxygen atoms in total. The minimum atomic E-state index is 0.140. The van der Waals surface area contributed by atoms with Crippen LogP contribution in [-0.4, -0.2) is 17.6 Å². The number of ether oxygens (including phenoxy) is 1. The first-order valence-electron chi connectivity index (χ1n) is 6.25. The zero-order chi connectivity index (χ0) is 13.7. The molecule has 0 unspecified atom stereocenters. The molecule has 5 heteroatoms. The predicted octanol–water partition coefficient (Wildman–Crippen LogP) is 4.24. The molecule has 0 atom stereocenters. The molecule has 0 radical (unpaired) electrons. The summed E-state index contributed by atoms with van der Waals surface area (Å²) in [4.78, 5) is 5.57. The summed E-state index contributed by atoms with van der Waals surface area (Å²) in [5.41, 5.74) is 0. The van der Waals surface area contributed by atoms with E-state index >= 15 is 0 Å². The summed E-state index contributed by atoms with van der Waals surface area (Å²) >= 11 is 7.52. The number of pyridine rings is 1. The first-order chi connectivity index (χ1) is 9.15. The van der Waals surface area contributed by atoms with Gasteiger partial charge in [-0.2, -0.15) is 0 Å². The molecule has 0 aliphatic rings. The topological polar surface area (TPSA) is 34.1 Å². The van der Waals surface area contributed by atoms with Crippen molar-refractivity contribution in [1.29, 1.82) is 0 Å². The predicted molar refractivity (Wildman–Crippen MR) is 81.5 cm³/mol. The summed E-state index contributed by atoms with van der Waals surface area (Å²) in [6.45, 7) is 4.82. The van der Waals surface area contributed by atoms with E-state index in [1.54, 1.807) is 17.5 Å². The Labute approximate surface area is 122 Å². The first kappa shape index (κ1) is 14.2. The van der Waals surface area contributed by atoms with Gasteiger partial charge >= 0.3 is 0 Å². The molecule has 0 aliphatic carbocycles. The molecule has 2 rings (SSSR count). The highest BCUT2D eigenvalue weighted by Gasteiger charge is 2.06. The van der Waals surface area contributed by atoms with Crippen LogP contribution in [0.1, 0.15) is 18.7 Å². The monoisotopic (exact) mass is 296 g/mol. The number of halogens is 1. The molecule has 0 fully saturated rings. The number of hydrogen-bond acceptors (Lipinski definition) is 4. The minimum absolute atomic E-state index is 0.140. The summed E-state index contributed by atoms with van der Waals surface area (Å²) in [7, 11) is 0. The quantitative estimate of drug-likeness (QED) is 0.866. The van der Waals surface area contributed by atoms with Crippen LogP contribution in [0.15, 0.2) is 30.5 Å². The van der Waals surface area contributed by atoms with Crippen LogP contribution < -0.4 is 10.1 Å². The molecule has 0 saturated carbocycles. The zero-order valence-electron chi connectivity index (χ0n) is 11.0. The molecular formula is C14H17ClN2OS. The third-order valence-corrected chi connectivity index (χ3v) is 3.72. The minimum Gasteiger partial charge on any atom is -0.487 e. The number of thiophene rings is 1. The second-order valence-electron chi connectivity index (χ2n) is 4.40. The molecule has 19 heavy (non-hydrogen) atoms. The maximum absolute atomic E-state index is 5.90. The standard InChI is InChI=1S/C14H17ClN2OS/c1-10(2)18-12-4-3-8-16-14(12)17-9-7-11-5-6-13(15)19-11/h3-6,8,10H,7,9H2,1-2H3,(H,16,17). The Morgan fingerprint density at radius 3 is 2.89 bits per heavy atom. The van der Waals surface area contributed by atoms with E-state index in [2.05, 4.69) is 16.4 Å². The van der Waals surface area contributed by atoms with Crippen molar-refractivity contribution in [2.24, 2.45) is 0 Å². The van der Waals surface area contributed by atoms with Crippen LogP contribution >= 0.6 is 22.9 Å². The smallest absolute Gasteiger partial charge is 0.168 e. The van der Waals surface area contributed by atoms with Gasteiger partial charge in [0.15, 0.2) is 11.6 Å². The van der Waals surface area contributed by atoms with Gasteiger partial charge in [-0.05, 0) is 44.5 Å². The van der Waals surface area contributed by atoms with Crippen molar-refractivity contribution in [3.05, 3.63) is 39.7 Å². The normalized spacial score (nSPS) is 10.7. The van der Waals surface area contributed by atoms with Gasteiger partial charge in [0, 0.05) is 17.6 Å². The van der Waals surface area contributed by atoms with Gasteiger partial charge in [0.1, 0.15) is 0 Å². The van der Waals surface area contributed by atoms with Crippen molar-refractivity contribution in [3.63, 3.8) is 0 Å². The van der Waals surface area contributed by atoms with E-state index < -0.39 is 0 Å². The van der Waals surface area contributed by atoms with Crippen LogP contribution in [0.4, 0.5) is 5.82 Å².